The normalized spacial score (nSPS) is 10.4. The molecule has 0 aliphatic carbocycles. The van der Waals surface area contributed by atoms with Crippen LogP contribution in [0.15, 0.2) is 36.4 Å². The van der Waals surface area contributed by atoms with E-state index in [1.165, 1.54) is 24.3 Å². The second-order valence-electron chi connectivity index (χ2n) is 4.30. The number of halogens is 2. The van der Waals surface area contributed by atoms with Gasteiger partial charge in [-0.25, -0.2) is 8.78 Å². The van der Waals surface area contributed by atoms with E-state index in [0.29, 0.717) is 0 Å². The second kappa shape index (κ2) is 4.69. The molecule has 2 aromatic carbocycles. The second-order valence-corrected chi connectivity index (χ2v) is 4.30. The van der Waals surface area contributed by atoms with Crippen LogP contribution >= 0.6 is 0 Å². The Morgan fingerprint density at radius 3 is 1.61 bits per heavy atom. The molecule has 0 aromatic heterocycles. The predicted octanol–water partition coefficient (Wildman–Crippen LogP) is 3.81. The van der Waals surface area contributed by atoms with E-state index in [-0.39, 0.29) is 11.1 Å². The Kier molecular flexibility index (Phi) is 3.24. The zero-order chi connectivity index (χ0) is 13.3. The van der Waals surface area contributed by atoms with Gasteiger partial charge in [-0.2, -0.15) is 0 Å². The van der Waals surface area contributed by atoms with Crippen molar-refractivity contribution in [1.82, 2.24) is 0 Å². The minimum absolute atomic E-state index is 0.0977. The molecule has 0 radical (unpaired) electrons. The third-order valence-corrected chi connectivity index (χ3v) is 2.73. The maximum Gasteiger partial charge on any atom is 0.198 e. The summed E-state index contributed by atoms with van der Waals surface area (Å²) < 4.78 is 27.2. The van der Waals surface area contributed by atoms with E-state index in [4.69, 9.17) is 0 Å². The van der Waals surface area contributed by atoms with Gasteiger partial charge in [-0.3, -0.25) is 4.79 Å². The van der Waals surface area contributed by atoms with E-state index < -0.39 is 17.4 Å². The lowest BCUT2D eigenvalue weighted by Gasteiger charge is -2.06. The molecule has 3 heteroatoms. The summed E-state index contributed by atoms with van der Waals surface area (Å²) in [5, 5.41) is 0. The molecule has 0 fully saturated rings. The van der Waals surface area contributed by atoms with Gasteiger partial charge in [0.05, 0.1) is 11.1 Å². The summed E-state index contributed by atoms with van der Waals surface area (Å²) in [6, 6.07) is 8.43. The van der Waals surface area contributed by atoms with Crippen LogP contribution < -0.4 is 0 Å². The van der Waals surface area contributed by atoms with Gasteiger partial charge in [0.25, 0.3) is 0 Å². The number of carbonyl (C=O) groups is 1. The smallest absolute Gasteiger partial charge is 0.198 e. The van der Waals surface area contributed by atoms with Crippen molar-refractivity contribution in [2.45, 2.75) is 13.8 Å². The fourth-order valence-electron chi connectivity index (χ4n) is 1.77. The summed E-state index contributed by atoms with van der Waals surface area (Å²) in [6.07, 6.45) is 0. The molecule has 0 spiro atoms. The summed E-state index contributed by atoms with van der Waals surface area (Å²) in [4.78, 5) is 12.1. The van der Waals surface area contributed by atoms with Gasteiger partial charge in [0.15, 0.2) is 5.78 Å². The largest absolute Gasteiger partial charge is 0.288 e. The summed E-state index contributed by atoms with van der Waals surface area (Å²) in [6.45, 7) is 3.51. The molecule has 2 aromatic rings. The molecule has 0 atom stereocenters. The maximum atomic E-state index is 13.6. The van der Waals surface area contributed by atoms with E-state index >= 15 is 0 Å². The summed E-state index contributed by atoms with van der Waals surface area (Å²) in [7, 11) is 0. The SMILES string of the molecule is Cc1ccc(F)c(C(=O)c2cc(C)ccc2F)c1. The van der Waals surface area contributed by atoms with Crippen LogP contribution in [0.2, 0.25) is 0 Å². The van der Waals surface area contributed by atoms with Gasteiger partial charge in [-0.1, -0.05) is 23.3 Å². The molecule has 0 N–H and O–H groups in total. The number of aryl methyl sites for hydroxylation is 2. The predicted molar refractivity (Wildman–Crippen MR) is 65.7 cm³/mol. The van der Waals surface area contributed by atoms with Gasteiger partial charge >= 0.3 is 0 Å². The first kappa shape index (κ1) is 12.4. The standard InChI is InChI=1S/C15H12F2O/c1-9-3-5-13(16)11(7-9)15(18)12-8-10(2)4-6-14(12)17/h3-8H,1-2H3. The first-order valence-corrected chi connectivity index (χ1v) is 5.56. The molecule has 0 unspecified atom stereocenters. The highest BCUT2D eigenvalue weighted by molar-refractivity contribution is 6.09. The maximum absolute atomic E-state index is 13.6. The van der Waals surface area contributed by atoms with Crippen LogP contribution in [-0.2, 0) is 0 Å². The van der Waals surface area contributed by atoms with Gasteiger partial charge in [-0.15, -0.1) is 0 Å². The van der Waals surface area contributed by atoms with Crippen molar-refractivity contribution in [3.63, 3.8) is 0 Å². The third kappa shape index (κ3) is 2.30. The van der Waals surface area contributed by atoms with Crippen molar-refractivity contribution in [1.29, 1.82) is 0 Å². The number of hydrogen-bond donors (Lipinski definition) is 0. The number of ketones is 1. The molecule has 1 nitrogen and oxygen atoms in total. The molecular formula is C15H12F2O. The van der Waals surface area contributed by atoms with E-state index in [1.807, 2.05) is 0 Å². The quantitative estimate of drug-likeness (QED) is 0.736. The van der Waals surface area contributed by atoms with Crippen molar-refractivity contribution in [3.05, 3.63) is 70.3 Å². The fraction of sp³-hybridized carbons (Fsp3) is 0.133. The van der Waals surface area contributed by atoms with Crippen LogP contribution in [0.4, 0.5) is 8.78 Å². The highest BCUT2D eigenvalue weighted by atomic mass is 19.1. The monoisotopic (exact) mass is 246 g/mol. The topological polar surface area (TPSA) is 17.1 Å². The van der Waals surface area contributed by atoms with Gasteiger partial charge in [0.1, 0.15) is 11.6 Å². The summed E-state index contributed by atoms with van der Waals surface area (Å²) in [5.74, 6) is -1.89. The number of hydrogen-bond acceptors (Lipinski definition) is 1. The van der Waals surface area contributed by atoms with E-state index in [2.05, 4.69) is 0 Å². The Morgan fingerprint density at radius 1 is 0.833 bits per heavy atom. The summed E-state index contributed by atoms with van der Waals surface area (Å²) >= 11 is 0. The first-order chi connectivity index (χ1) is 8.49. The van der Waals surface area contributed by atoms with Crippen molar-refractivity contribution >= 4 is 5.78 Å². The Bertz CT molecular complexity index is 564. The minimum Gasteiger partial charge on any atom is -0.288 e. The Balaban J connectivity index is 2.54. The molecule has 0 saturated heterocycles. The number of rotatable bonds is 2. The molecule has 0 aliphatic rings. The van der Waals surface area contributed by atoms with Crippen LogP contribution in [0, 0.1) is 25.5 Å². The van der Waals surface area contributed by atoms with Crippen LogP contribution in [0.1, 0.15) is 27.0 Å². The van der Waals surface area contributed by atoms with E-state index in [0.717, 1.165) is 11.1 Å². The third-order valence-electron chi connectivity index (χ3n) is 2.73. The average Bonchev–Trinajstić information content (AvgIpc) is 2.34. The molecule has 92 valence electrons. The zero-order valence-corrected chi connectivity index (χ0v) is 10.1. The van der Waals surface area contributed by atoms with Crippen LogP contribution in [-0.4, -0.2) is 5.78 Å². The van der Waals surface area contributed by atoms with Gasteiger partial charge < -0.3 is 0 Å². The fourth-order valence-corrected chi connectivity index (χ4v) is 1.77. The Hall–Kier alpha value is -2.03. The van der Waals surface area contributed by atoms with Gasteiger partial charge in [0.2, 0.25) is 0 Å². The van der Waals surface area contributed by atoms with Crippen molar-refractivity contribution < 1.29 is 13.6 Å². The van der Waals surface area contributed by atoms with Crippen LogP contribution in [0.5, 0.6) is 0 Å². The number of benzene rings is 2. The first-order valence-electron chi connectivity index (χ1n) is 5.56. The van der Waals surface area contributed by atoms with Gasteiger partial charge in [-0.05, 0) is 38.1 Å². The van der Waals surface area contributed by atoms with Crippen LogP contribution in [0.3, 0.4) is 0 Å². The molecule has 0 saturated carbocycles. The highest BCUT2D eigenvalue weighted by Gasteiger charge is 2.17. The van der Waals surface area contributed by atoms with Crippen molar-refractivity contribution in [2.24, 2.45) is 0 Å². The van der Waals surface area contributed by atoms with Crippen LogP contribution in [0.25, 0.3) is 0 Å². The van der Waals surface area contributed by atoms with E-state index in [1.54, 1.807) is 26.0 Å². The molecule has 2 rings (SSSR count). The van der Waals surface area contributed by atoms with Crippen molar-refractivity contribution in [2.75, 3.05) is 0 Å². The Morgan fingerprint density at radius 2 is 1.22 bits per heavy atom. The minimum atomic E-state index is -0.633. The average molecular weight is 246 g/mol. The lowest BCUT2D eigenvalue weighted by molar-refractivity contribution is 0.103. The Labute approximate surface area is 104 Å². The lowest BCUT2D eigenvalue weighted by atomic mass is 9.99. The highest BCUT2D eigenvalue weighted by Crippen LogP contribution is 2.18. The molecule has 0 aliphatic heterocycles. The lowest BCUT2D eigenvalue weighted by Crippen LogP contribution is -2.07. The number of carbonyl (C=O) groups excluding carboxylic acids is 1. The molecule has 0 heterocycles. The summed E-state index contributed by atoms with van der Waals surface area (Å²) in [5.41, 5.74) is 1.32. The van der Waals surface area contributed by atoms with Gasteiger partial charge in [0, 0.05) is 0 Å². The van der Waals surface area contributed by atoms with E-state index in [9.17, 15) is 13.6 Å². The molecule has 0 amide bonds. The molecule has 0 bridgehead atoms. The van der Waals surface area contributed by atoms with Crippen molar-refractivity contribution in [3.8, 4) is 0 Å². The molecular weight excluding hydrogens is 234 g/mol. The molecule has 18 heavy (non-hydrogen) atoms. The zero-order valence-electron chi connectivity index (χ0n) is 10.1.